The smallest absolute Gasteiger partial charge is 0.122 e. The molecule has 0 fully saturated rings. The fourth-order valence-electron chi connectivity index (χ4n) is 1.98. The number of nitrogens with zero attached hydrogens (tertiary/aromatic N) is 1. The Hall–Kier alpha value is -1.06. The summed E-state index contributed by atoms with van der Waals surface area (Å²) in [5.41, 5.74) is 8.29. The van der Waals surface area contributed by atoms with Crippen LogP contribution >= 0.6 is 0 Å². The van der Waals surface area contributed by atoms with Crippen molar-refractivity contribution in [2.24, 2.45) is 5.73 Å². The third kappa shape index (κ3) is 2.74. The van der Waals surface area contributed by atoms with Gasteiger partial charge in [-0.2, -0.15) is 0 Å². The zero-order chi connectivity index (χ0) is 11.4. The van der Waals surface area contributed by atoms with E-state index in [1.807, 2.05) is 7.05 Å². The minimum absolute atomic E-state index is 0.619. The van der Waals surface area contributed by atoms with Crippen LogP contribution in [-0.4, -0.2) is 31.8 Å². The van der Waals surface area contributed by atoms with Crippen LogP contribution in [0.3, 0.4) is 0 Å². The highest BCUT2D eigenvalue weighted by Gasteiger charge is 2.10. The highest BCUT2D eigenvalue weighted by molar-refractivity contribution is 5.38. The van der Waals surface area contributed by atoms with Crippen LogP contribution in [0.15, 0.2) is 18.2 Å². The van der Waals surface area contributed by atoms with E-state index >= 15 is 0 Å². The third-order valence-electron chi connectivity index (χ3n) is 3.07. The Morgan fingerprint density at radius 3 is 3.12 bits per heavy atom. The highest BCUT2D eigenvalue weighted by Crippen LogP contribution is 2.25. The quantitative estimate of drug-likeness (QED) is 0.780. The molecule has 1 aromatic rings. The summed E-state index contributed by atoms with van der Waals surface area (Å²) in [5, 5.41) is 0. The normalized spacial score (nSPS) is 14.7. The molecule has 2 rings (SSSR count). The summed E-state index contributed by atoms with van der Waals surface area (Å²) in [6.07, 6.45) is 3.34. The van der Waals surface area contributed by atoms with E-state index in [4.69, 9.17) is 10.5 Å². The van der Waals surface area contributed by atoms with Crippen molar-refractivity contribution >= 4 is 0 Å². The van der Waals surface area contributed by atoms with Crippen molar-refractivity contribution in [3.8, 4) is 5.75 Å². The number of fused-ring (bicyclic) bond motifs is 1. The Morgan fingerprint density at radius 2 is 2.31 bits per heavy atom. The van der Waals surface area contributed by atoms with E-state index in [-0.39, 0.29) is 0 Å². The van der Waals surface area contributed by atoms with Crippen molar-refractivity contribution in [3.05, 3.63) is 29.3 Å². The van der Waals surface area contributed by atoms with Crippen molar-refractivity contribution < 1.29 is 4.74 Å². The van der Waals surface area contributed by atoms with Crippen LogP contribution in [-0.2, 0) is 12.8 Å². The second-order valence-electron chi connectivity index (χ2n) is 4.41. The van der Waals surface area contributed by atoms with Crippen LogP contribution in [0.5, 0.6) is 5.75 Å². The number of benzene rings is 1. The van der Waals surface area contributed by atoms with Crippen molar-refractivity contribution in [1.82, 2.24) is 4.90 Å². The second kappa shape index (κ2) is 5.32. The molecule has 3 heteroatoms. The number of ether oxygens (including phenoxy) is 1. The molecular weight excluding hydrogens is 200 g/mol. The van der Waals surface area contributed by atoms with Crippen LogP contribution < -0.4 is 10.5 Å². The number of rotatable bonds is 4. The van der Waals surface area contributed by atoms with Gasteiger partial charge in [-0.3, -0.25) is 4.90 Å². The van der Waals surface area contributed by atoms with E-state index in [1.165, 1.54) is 11.1 Å². The lowest BCUT2D eigenvalue weighted by Crippen LogP contribution is -2.27. The Labute approximate surface area is 97.2 Å². The van der Waals surface area contributed by atoms with Gasteiger partial charge in [0.15, 0.2) is 0 Å². The zero-order valence-electron chi connectivity index (χ0n) is 9.91. The van der Waals surface area contributed by atoms with Crippen molar-refractivity contribution in [1.29, 1.82) is 0 Å². The average Bonchev–Trinajstić information content (AvgIpc) is 2.35. The number of hydrogen-bond acceptors (Lipinski definition) is 3. The van der Waals surface area contributed by atoms with Crippen LogP contribution in [0.1, 0.15) is 17.5 Å². The molecule has 0 aromatic heterocycles. The van der Waals surface area contributed by atoms with E-state index in [1.54, 1.807) is 0 Å². The van der Waals surface area contributed by atoms with Gasteiger partial charge in [0.25, 0.3) is 0 Å². The van der Waals surface area contributed by atoms with Crippen LogP contribution in [0.2, 0.25) is 0 Å². The van der Waals surface area contributed by atoms with Gasteiger partial charge in [-0.15, -0.1) is 0 Å². The molecule has 3 nitrogen and oxygen atoms in total. The van der Waals surface area contributed by atoms with Crippen molar-refractivity contribution in [2.75, 3.05) is 26.9 Å². The van der Waals surface area contributed by atoms with Gasteiger partial charge in [0.1, 0.15) is 5.75 Å². The Morgan fingerprint density at radius 1 is 1.44 bits per heavy atom. The Balaban J connectivity index is 2.00. The van der Waals surface area contributed by atoms with Gasteiger partial charge >= 0.3 is 0 Å². The first-order chi connectivity index (χ1) is 7.79. The van der Waals surface area contributed by atoms with Crippen LogP contribution in [0.4, 0.5) is 0 Å². The maximum absolute atomic E-state index is 5.59. The molecule has 0 saturated heterocycles. The first-order valence-electron chi connectivity index (χ1n) is 5.93. The van der Waals surface area contributed by atoms with Crippen molar-refractivity contribution in [3.63, 3.8) is 0 Å². The highest BCUT2D eigenvalue weighted by atomic mass is 16.5. The van der Waals surface area contributed by atoms with Gasteiger partial charge in [0.2, 0.25) is 0 Å². The summed E-state index contributed by atoms with van der Waals surface area (Å²) in [4.78, 5) is 2.12. The molecule has 16 heavy (non-hydrogen) atoms. The summed E-state index contributed by atoms with van der Waals surface area (Å²) < 4.78 is 5.59. The van der Waals surface area contributed by atoms with Crippen molar-refractivity contribution in [2.45, 2.75) is 19.3 Å². The van der Waals surface area contributed by atoms with E-state index in [2.05, 4.69) is 23.1 Å². The fourth-order valence-corrected chi connectivity index (χ4v) is 1.98. The van der Waals surface area contributed by atoms with Crippen LogP contribution in [0.25, 0.3) is 0 Å². The van der Waals surface area contributed by atoms with Gasteiger partial charge in [-0.25, -0.2) is 0 Å². The number of likely N-dealkylation sites (N-methyl/N-ethyl adjacent to an activating group) is 1. The molecule has 0 unspecified atom stereocenters. The number of aryl methyl sites for hydroxylation is 1. The molecule has 0 spiro atoms. The van der Waals surface area contributed by atoms with Gasteiger partial charge in [-0.1, -0.05) is 12.1 Å². The third-order valence-corrected chi connectivity index (χ3v) is 3.07. The van der Waals surface area contributed by atoms with Gasteiger partial charge in [0.05, 0.1) is 6.61 Å². The predicted octanol–water partition coefficient (Wildman–Crippen LogP) is 1.40. The minimum atomic E-state index is 0.619. The molecule has 1 aliphatic rings. The monoisotopic (exact) mass is 220 g/mol. The molecule has 0 atom stereocenters. The van der Waals surface area contributed by atoms with E-state index < -0.39 is 0 Å². The lowest BCUT2D eigenvalue weighted by Gasteiger charge is -2.18. The molecule has 0 bridgehead atoms. The predicted molar refractivity (Wildman–Crippen MR) is 65.6 cm³/mol. The standard InChI is InChI=1S/C13H20N2O/c1-15(10-14)7-6-11-4-5-13-12(9-11)3-2-8-16-13/h4-5,9H,2-3,6-8,10,14H2,1H3. The molecule has 1 aromatic carbocycles. The van der Waals surface area contributed by atoms with Gasteiger partial charge < -0.3 is 10.5 Å². The molecule has 88 valence electrons. The minimum Gasteiger partial charge on any atom is -0.493 e. The molecule has 0 saturated carbocycles. The molecule has 1 aliphatic heterocycles. The Kier molecular flexibility index (Phi) is 3.80. The molecule has 2 N–H and O–H groups in total. The summed E-state index contributed by atoms with van der Waals surface area (Å²) in [6, 6.07) is 6.54. The van der Waals surface area contributed by atoms with E-state index in [0.717, 1.165) is 38.2 Å². The maximum Gasteiger partial charge on any atom is 0.122 e. The SMILES string of the molecule is CN(CN)CCc1ccc2c(c1)CCCO2. The lowest BCUT2D eigenvalue weighted by molar-refractivity contribution is 0.288. The van der Waals surface area contributed by atoms with E-state index in [0.29, 0.717) is 6.67 Å². The van der Waals surface area contributed by atoms with Gasteiger partial charge in [0, 0.05) is 13.2 Å². The van der Waals surface area contributed by atoms with Gasteiger partial charge in [-0.05, 0) is 43.5 Å². The molecule has 0 amide bonds. The summed E-state index contributed by atoms with van der Waals surface area (Å²) in [5.74, 6) is 1.07. The van der Waals surface area contributed by atoms with E-state index in [9.17, 15) is 0 Å². The largest absolute Gasteiger partial charge is 0.493 e. The first kappa shape index (κ1) is 11.4. The molecule has 0 aliphatic carbocycles. The Bertz CT molecular complexity index is 352. The average molecular weight is 220 g/mol. The second-order valence-corrected chi connectivity index (χ2v) is 4.41. The first-order valence-corrected chi connectivity index (χ1v) is 5.93. The zero-order valence-corrected chi connectivity index (χ0v) is 9.91. The molecule has 0 radical (unpaired) electrons. The fraction of sp³-hybridized carbons (Fsp3) is 0.538. The number of hydrogen-bond donors (Lipinski definition) is 1. The molecule has 1 heterocycles. The summed E-state index contributed by atoms with van der Waals surface area (Å²) in [6.45, 7) is 2.49. The molecular formula is C13H20N2O. The summed E-state index contributed by atoms with van der Waals surface area (Å²) in [7, 11) is 2.04. The maximum atomic E-state index is 5.59. The topological polar surface area (TPSA) is 38.5 Å². The summed E-state index contributed by atoms with van der Waals surface area (Å²) >= 11 is 0. The van der Waals surface area contributed by atoms with Crippen LogP contribution in [0, 0.1) is 0 Å². The number of nitrogens with two attached hydrogens (primary N) is 1. The lowest BCUT2D eigenvalue weighted by atomic mass is 10.0.